The van der Waals surface area contributed by atoms with E-state index in [2.05, 4.69) is 4.98 Å². The summed E-state index contributed by atoms with van der Waals surface area (Å²) >= 11 is 5.11. The lowest BCUT2D eigenvalue weighted by atomic mass is 10.2. The molecule has 6 nitrogen and oxygen atoms in total. The number of hydrogen-bond acceptors (Lipinski definition) is 6. The van der Waals surface area contributed by atoms with Gasteiger partial charge in [0, 0.05) is 5.56 Å². The molecule has 0 aliphatic carbocycles. The van der Waals surface area contributed by atoms with E-state index in [9.17, 15) is 15.0 Å². The van der Waals surface area contributed by atoms with Crippen LogP contribution in [0.4, 0.5) is 0 Å². The molecule has 0 radical (unpaired) electrons. The normalized spacial score (nSPS) is 10.5. The first-order valence-electron chi connectivity index (χ1n) is 6.77. The molecule has 0 atom stereocenters. The summed E-state index contributed by atoms with van der Waals surface area (Å²) in [5.41, 5.74) is 0.553. The molecule has 1 aromatic heterocycles. The third-order valence-corrected chi connectivity index (χ3v) is 3.29. The number of ether oxygens (including phenoxy) is 1. The van der Waals surface area contributed by atoms with E-state index in [0.29, 0.717) is 11.4 Å². The van der Waals surface area contributed by atoms with E-state index in [1.807, 2.05) is 18.2 Å². The van der Waals surface area contributed by atoms with Gasteiger partial charge in [-0.3, -0.25) is 4.57 Å². The fraction of sp³-hybridized carbons (Fsp3) is 0.267. The Labute approximate surface area is 132 Å². The van der Waals surface area contributed by atoms with E-state index in [4.69, 9.17) is 17.0 Å². The van der Waals surface area contributed by atoms with Crippen molar-refractivity contribution in [3.8, 4) is 17.3 Å². The van der Waals surface area contributed by atoms with Gasteiger partial charge in [-0.05, 0) is 6.92 Å². The summed E-state index contributed by atoms with van der Waals surface area (Å²) < 4.78 is 6.19. The van der Waals surface area contributed by atoms with Crippen LogP contribution in [0.25, 0.3) is 11.4 Å². The number of nitrogens with zero attached hydrogens (tertiary/aromatic N) is 2. The predicted molar refractivity (Wildman–Crippen MR) is 83.2 cm³/mol. The lowest BCUT2D eigenvalue weighted by Gasteiger charge is -2.16. The zero-order chi connectivity index (χ0) is 16.1. The summed E-state index contributed by atoms with van der Waals surface area (Å²) in [5.74, 6) is -0.708. The van der Waals surface area contributed by atoms with Crippen LogP contribution in [0.15, 0.2) is 30.3 Å². The van der Waals surface area contributed by atoms with Crippen LogP contribution in [0, 0.1) is 4.64 Å². The van der Waals surface area contributed by atoms with Crippen LogP contribution < -0.4 is 0 Å². The molecule has 116 valence electrons. The van der Waals surface area contributed by atoms with Crippen LogP contribution in [0.2, 0.25) is 0 Å². The van der Waals surface area contributed by atoms with Crippen LogP contribution in [0.5, 0.6) is 5.88 Å². The van der Waals surface area contributed by atoms with Crippen molar-refractivity contribution in [2.24, 2.45) is 0 Å². The maximum absolute atomic E-state index is 11.9. The summed E-state index contributed by atoms with van der Waals surface area (Å²) in [6.45, 7) is 1.67. The minimum Gasteiger partial charge on any atom is -0.494 e. The zero-order valence-electron chi connectivity index (χ0n) is 12.0. The molecule has 7 heteroatoms. The van der Waals surface area contributed by atoms with Crippen LogP contribution in [0.1, 0.15) is 17.3 Å². The highest BCUT2D eigenvalue weighted by Crippen LogP contribution is 2.26. The first-order chi connectivity index (χ1) is 10.6. The maximum atomic E-state index is 11.9. The molecule has 1 aromatic carbocycles. The second-order valence-electron chi connectivity index (χ2n) is 4.40. The third-order valence-electron chi connectivity index (χ3n) is 2.99. The van der Waals surface area contributed by atoms with Crippen molar-refractivity contribution in [2.45, 2.75) is 13.5 Å². The summed E-state index contributed by atoms with van der Waals surface area (Å²) in [7, 11) is 0. The van der Waals surface area contributed by atoms with E-state index in [1.54, 1.807) is 19.1 Å². The van der Waals surface area contributed by atoms with Crippen molar-refractivity contribution >= 4 is 18.2 Å². The number of carbonyl (C=O) groups is 1. The number of hydrogen-bond donors (Lipinski definition) is 2. The first kappa shape index (κ1) is 16.1. The first-order valence-corrected chi connectivity index (χ1v) is 7.18. The van der Waals surface area contributed by atoms with Crippen LogP contribution in [-0.4, -0.2) is 38.9 Å². The van der Waals surface area contributed by atoms with Gasteiger partial charge < -0.3 is 14.9 Å². The average Bonchev–Trinajstić information content (AvgIpc) is 2.51. The number of aliphatic hydroxyl groups excluding tert-OH is 1. The van der Waals surface area contributed by atoms with Crippen LogP contribution in [0.3, 0.4) is 0 Å². The highest BCUT2D eigenvalue weighted by molar-refractivity contribution is 7.71. The lowest BCUT2D eigenvalue weighted by Crippen LogP contribution is -2.15. The zero-order valence-corrected chi connectivity index (χ0v) is 12.8. The molecule has 0 bridgehead atoms. The number of aromatic nitrogens is 2. The Kier molecular flexibility index (Phi) is 5.24. The molecule has 0 saturated heterocycles. The van der Waals surface area contributed by atoms with Gasteiger partial charge in [-0.25, -0.2) is 9.78 Å². The van der Waals surface area contributed by atoms with Gasteiger partial charge in [0.25, 0.3) is 0 Å². The van der Waals surface area contributed by atoms with Gasteiger partial charge in [0.15, 0.2) is 5.56 Å². The largest absolute Gasteiger partial charge is 0.494 e. The van der Waals surface area contributed by atoms with Gasteiger partial charge in [-0.15, -0.1) is 0 Å². The monoisotopic (exact) mass is 320 g/mol. The van der Waals surface area contributed by atoms with E-state index in [0.717, 1.165) is 0 Å². The highest BCUT2D eigenvalue weighted by Gasteiger charge is 2.21. The lowest BCUT2D eigenvalue weighted by molar-refractivity contribution is 0.0519. The second kappa shape index (κ2) is 7.15. The summed E-state index contributed by atoms with van der Waals surface area (Å²) in [5, 5.41) is 19.6. The van der Waals surface area contributed by atoms with Crippen molar-refractivity contribution in [2.75, 3.05) is 13.2 Å². The van der Waals surface area contributed by atoms with Crippen molar-refractivity contribution in [1.82, 2.24) is 9.55 Å². The summed E-state index contributed by atoms with van der Waals surface area (Å²) in [6.07, 6.45) is 0. The van der Waals surface area contributed by atoms with Gasteiger partial charge in [-0.1, -0.05) is 42.5 Å². The minimum atomic E-state index is -0.733. The van der Waals surface area contributed by atoms with Crippen molar-refractivity contribution in [3.05, 3.63) is 40.5 Å². The van der Waals surface area contributed by atoms with Gasteiger partial charge in [0.05, 0.1) is 19.8 Å². The number of carbonyl (C=O) groups excluding carboxylic acids is 1. The Bertz CT molecular complexity index is 728. The molecule has 2 rings (SSSR count). The Morgan fingerprint density at radius 1 is 1.36 bits per heavy atom. The molecule has 0 amide bonds. The van der Waals surface area contributed by atoms with Crippen LogP contribution >= 0.6 is 12.2 Å². The van der Waals surface area contributed by atoms with Crippen molar-refractivity contribution in [3.63, 3.8) is 0 Å². The Balaban J connectivity index is 2.67. The van der Waals surface area contributed by atoms with E-state index < -0.39 is 5.97 Å². The molecule has 1 heterocycles. The van der Waals surface area contributed by atoms with Gasteiger partial charge in [-0.2, -0.15) is 0 Å². The summed E-state index contributed by atoms with van der Waals surface area (Å²) in [6, 6.07) is 9.09. The molecule has 2 aromatic rings. The SMILES string of the molecule is CCOC(=O)c1c(O)n(CCO)c(-c2ccccc2)nc1=S. The number of aromatic hydroxyl groups is 1. The average molecular weight is 320 g/mol. The molecule has 0 unspecified atom stereocenters. The molecule has 0 aliphatic rings. The molecule has 0 spiro atoms. The number of esters is 1. The third kappa shape index (κ3) is 3.15. The van der Waals surface area contributed by atoms with E-state index in [-0.39, 0.29) is 35.8 Å². The highest BCUT2D eigenvalue weighted by atomic mass is 32.1. The Morgan fingerprint density at radius 2 is 2.05 bits per heavy atom. The standard InChI is InChI=1S/C15H16N2O4S/c1-2-21-15(20)11-13(22)16-12(10-6-4-3-5-7-10)17(8-9-18)14(11)19/h3-7,18-19H,2,8-9H2,1H3. The molecular weight excluding hydrogens is 304 g/mol. The quantitative estimate of drug-likeness (QED) is 0.649. The number of rotatable bonds is 5. The Hall–Kier alpha value is -2.25. The van der Waals surface area contributed by atoms with Crippen LogP contribution in [-0.2, 0) is 11.3 Å². The number of benzene rings is 1. The molecule has 0 aliphatic heterocycles. The Morgan fingerprint density at radius 3 is 2.64 bits per heavy atom. The topological polar surface area (TPSA) is 84.6 Å². The second-order valence-corrected chi connectivity index (χ2v) is 4.79. The van der Waals surface area contributed by atoms with E-state index >= 15 is 0 Å². The molecule has 22 heavy (non-hydrogen) atoms. The van der Waals surface area contributed by atoms with E-state index in [1.165, 1.54) is 4.57 Å². The van der Waals surface area contributed by atoms with Gasteiger partial charge >= 0.3 is 5.97 Å². The van der Waals surface area contributed by atoms with Gasteiger partial charge in [0.2, 0.25) is 5.88 Å². The van der Waals surface area contributed by atoms with Gasteiger partial charge in [0.1, 0.15) is 10.5 Å². The van der Waals surface area contributed by atoms with Crippen molar-refractivity contribution < 1.29 is 19.7 Å². The summed E-state index contributed by atoms with van der Waals surface area (Å²) in [4.78, 5) is 16.2. The fourth-order valence-corrected chi connectivity index (χ4v) is 2.31. The molecule has 0 saturated carbocycles. The molecule has 2 N–H and O–H groups in total. The minimum absolute atomic E-state index is 0.0380. The molecule has 0 fully saturated rings. The molecular formula is C15H16N2O4S. The van der Waals surface area contributed by atoms with Crippen molar-refractivity contribution in [1.29, 1.82) is 0 Å². The number of aliphatic hydroxyl groups is 1. The smallest absolute Gasteiger partial charge is 0.346 e. The maximum Gasteiger partial charge on any atom is 0.346 e. The fourth-order valence-electron chi connectivity index (χ4n) is 2.04. The predicted octanol–water partition coefficient (Wildman–Crippen LogP) is 2.15.